The first-order chi connectivity index (χ1) is 12.7. The molecule has 0 spiro atoms. The molecule has 0 aliphatic carbocycles. The van der Waals surface area contributed by atoms with Gasteiger partial charge in [-0.05, 0) is 48.4 Å². The van der Waals surface area contributed by atoms with E-state index in [4.69, 9.17) is 11.6 Å². The molecular formula is C18H23ClN2O4S2. The molecular weight excluding hydrogens is 408 g/mol. The third-order valence-corrected chi connectivity index (χ3v) is 7.89. The average Bonchev–Trinajstić information content (AvgIpc) is 2.64. The Balaban J connectivity index is 2.07. The van der Waals surface area contributed by atoms with Crippen LogP contribution in [0.5, 0.6) is 0 Å². The molecule has 148 valence electrons. The lowest BCUT2D eigenvalue weighted by Gasteiger charge is -2.18. The van der Waals surface area contributed by atoms with Crippen molar-refractivity contribution in [2.45, 2.75) is 30.1 Å². The molecule has 0 fully saturated rings. The Morgan fingerprint density at radius 3 is 1.89 bits per heavy atom. The van der Waals surface area contributed by atoms with Crippen molar-refractivity contribution < 1.29 is 16.8 Å². The van der Waals surface area contributed by atoms with E-state index in [1.165, 1.54) is 28.6 Å². The van der Waals surface area contributed by atoms with Crippen LogP contribution < -0.4 is 4.72 Å². The van der Waals surface area contributed by atoms with E-state index in [0.717, 1.165) is 5.56 Å². The van der Waals surface area contributed by atoms with E-state index in [1.807, 2.05) is 12.1 Å². The number of nitrogens with zero attached hydrogens (tertiary/aromatic N) is 1. The summed E-state index contributed by atoms with van der Waals surface area (Å²) in [4.78, 5) is 0.100. The summed E-state index contributed by atoms with van der Waals surface area (Å²) in [7, 11) is -7.33. The normalized spacial score (nSPS) is 12.4. The Morgan fingerprint density at radius 2 is 1.37 bits per heavy atom. The number of halogens is 1. The number of sulfonamides is 2. The molecule has 9 heteroatoms. The van der Waals surface area contributed by atoms with Gasteiger partial charge in [-0.15, -0.1) is 0 Å². The second kappa shape index (κ2) is 9.16. The van der Waals surface area contributed by atoms with Gasteiger partial charge in [-0.1, -0.05) is 37.6 Å². The van der Waals surface area contributed by atoms with Crippen molar-refractivity contribution in [3.05, 3.63) is 59.1 Å². The quantitative estimate of drug-likeness (QED) is 0.663. The number of rotatable bonds is 9. The molecule has 2 aromatic rings. The third-order valence-electron chi connectivity index (χ3n) is 4.10. The Hall–Kier alpha value is -1.45. The van der Waals surface area contributed by atoms with Crippen molar-refractivity contribution in [2.75, 3.05) is 19.6 Å². The Morgan fingerprint density at radius 1 is 0.852 bits per heavy atom. The molecule has 0 saturated carbocycles. The maximum absolute atomic E-state index is 12.5. The van der Waals surface area contributed by atoms with Crippen LogP contribution in [-0.4, -0.2) is 40.8 Å². The average molecular weight is 431 g/mol. The third kappa shape index (κ3) is 5.52. The van der Waals surface area contributed by atoms with E-state index < -0.39 is 20.0 Å². The molecule has 0 aromatic heterocycles. The van der Waals surface area contributed by atoms with Crippen molar-refractivity contribution in [2.24, 2.45) is 0 Å². The summed E-state index contributed by atoms with van der Waals surface area (Å²) < 4.78 is 53.5. The second-order valence-corrected chi connectivity index (χ2v) is 9.98. The van der Waals surface area contributed by atoms with Crippen LogP contribution in [0.25, 0.3) is 0 Å². The highest BCUT2D eigenvalue weighted by molar-refractivity contribution is 7.89. The zero-order valence-electron chi connectivity index (χ0n) is 15.2. The highest BCUT2D eigenvalue weighted by atomic mass is 35.5. The monoisotopic (exact) mass is 430 g/mol. The lowest BCUT2D eigenvalue weighted by Crippen LogP contribution is -2.30. The number of hydrogen-bond acceptors (Lipinski definition) is 4. The summed E-state index contributed by atoms with van der Waals surface area (Å²) in [5.74, 6) is 0. The predicted octanol–water partition coefficient (Wildman–Crippen LogP) is 2.89. The minimum Gasteiger partial charge on any atom is -0.211 e. The largest absolute Gasteiger partial charge is 0.243 e. The Labute approximate surface area is 166 Å². The van der Waals surface area contributed by atoms with Crippen molar-refractivity contribution in [3.8, 4) is 0 Å². The van der Waals surface area contributed by atoms with Gasteiger partial charge in [0.25, 0.3) is 0 Å². The zero-order valence-corrected chi connectivity index (χ0v) is 17.6. The van der Waals surface area contributed by atoms with Gasteiger partial charge in [0, 0.05) is 24.7 Å². The molecule has 0 unspecified atom stereocenters. The summed E-state index contributed by atoms with van der Waals surface area (Å²) in [5, 5.41) is 0.624. The minimum absolute atomic E-state index is 0.0251. The standard InChI is InChI=1S/C18H23ClN2O4S2/c1-3-21(4-2)27(24,25)18-11-9-17(10-12-18)26(22,23)20-14-13-15-5-7-16(19)8-6-15/h5-12,20H,3-4,13-14H2,1-2H3. The zero-order chi connectivity index (χ0) is 20.1. The first-order valence-corrected chi connectivity index (χ1v) is 11.8. The van der Waals surface area contributed by atoms with Gasteiger partial charge in [0.2, 0.25) is 20.0 Å². The smallest absolute Gasteiger partial charge is 0.211 e. The predicted molar refractivity (Wildman–Crippen MR) is 107 cm³/mol. The summed E-state index contributed by atoms with van der Waals surface area (Å²) in [6.45, 7) is 4.44. The van der Waals surface area contributed by atoms with Gasteiger partial charge in [0.1, 0.15) is 0 Å². The van der Waals surface area contributed by atoms with Crippen LogP contribution in [0.15, 0.2) is 58.3 Å². The van der Waals surface area contributed by atoms with Crippen LogP contribution in [-0.2, 0) is 26.5 Å². The molecule has 0 saturated heterocycles. The topological polar surface area (TPSA) is 83.6 Å². The van der Waals surface area contributed by atoms with Crippen molar-refractivity contribution >= 4 is 31.6 Å². The molecule has 2 aromatic carbocycles. The van der Waals surface area contributed by atoms with Crippen molar-refractivity contribution in [1.82, 2.24) is 9.03 Å². The molecule has 0 atom stereocenters. The van der Waals surface area contributed by atoms with E-state index in [-0.39, 0.29) is 16.3 Å². The SMILES string of the molecule is CCN(CC)S(=O)(=O)c1ccc(S(=O)(=O)NCCc2ccc(Cl)cc2)cc1. The number of benzene rings is 2. The molecule has 0 amide bonds. The Kier molecular flexibility index (Phi) is 7.41. The van der Waals surface area contributed by atoms with Gasteiger partial charge in [-0.2, -0.15) is 4.31 Å². The molecule has 0 heterocycles. The van der Waals surface area contributed by atoms with Crippen molar-refractivity contribution in [1.29, 1.82) is 0 Å². The van der Waals surface area contributed by atoms with Crippen LogP contribution >= 0.6 is 11.6 Å². The van der Waals surface area contributed by atoms with Gasteiger partial charge >= 0.3 is 0 Å². The minimum atomic E-state index is -3.72. The molecule has 0 aliphatic rings. The van der Waals surface area contributed by atoms with Gasteiger partial charge in [0.05, 0.1) is 9.79 Å². The molecule has 0 aliphatic heterocycles. The maximum Gasteiger partial charge on any atom is 0.243 e. The van der Waals surface area contributed by atoms with E-state index in [9.17, 15) is 16.8 Å². The lowest BCUT2D eigenvalue weighted by molar-refractivity contribution is 0.445. The first-order valence-electron chi connectivity index (χ1n) is 8.55. The van der Waals surface area contributed by atoms with E-state index in [2.05, 4.69) is 4.72 Å². The summed E-state index contributed by atoms with van der Waals surface area (Å²) in [6.07, 6.45) is 0.519. The molecule has 2 rings (SSSR count). The second-order valence-electron chi connectivity index (χ2n) is 5.83. The molecule has 0 bridgehead atoms. The maximum atomic E-state index is 12.5. The molecule has 6 nitrogen and oxygen atoms in total. The highest BCUT2D eigenvalue weighted by Gasteiger charge is 2.22. The van der Waals surface area contributed by atoms with Crippen LogP contribution in [0.4, 0.5) is 0 Å². The van der Waals surface area contributed by atoms with E-state index in [1.54, 1.807) is 26.0 Å². The fourth-order valence-electron chi connectivity index (χ4n) is 2.57. The fraction of sp³-hybridized carbons (Fsp3) is 0.333. The van der Waals surface area contributed by atoms with Crippen LogP contribution in [0.1, 0.15) is 19.4 Å². The number of hydrogen-bond donors (Lipinski definition) is 1. The van der Waals surface area contributed by atoms with Crippen LogP contribution in [0.2, 0.25) is 5.02 Å². The Bertz CT molecular complexity index is 953. The van der Waals surface area contributed by atoms with Gasteiger partial charge < -0.3 is 0 Å². The van der Waals surface area contributed by atoms with Gasteiger partial charge in [-0.3, -0.25) is 0 Å². The molecule has 1 N–H and O–H groups in total. The van der Waals surface area contributed by atoms with Crippen LogP contribution in [0.3, 0.4) is 0 Å². The number of nitrogens with one attached hydrogen (secondary N) is 1. The highest BCUT2D eigenvalue weighted by Crippen LogP contribution is 2.18. The van der Waals surface area contributed by atoms with Crippen LogP contribution in [0, 0.1) is 0 Å². The lowest BCUT2D eigenvalue weighted by atomic mass is 10.2. The summed E-state index contributed by atoms with van der Waals surface area (Å²) >= 11 is 5.82. The van der Waals surface area contributed by atoms with Gasteiger partial charge in [0.15, 0.2) is 0 Å². The van der Waals surface area contributed by atoms with E-state index in [0.29, 0.717) is 24.5 Å². The first kappa shape index (κ1) is 21.8. The molecule has 0 radical (unpaired) electrons. The van der Waals surface area contributed by atoms with Crippen molar-refractivity contribution in [3.63, 3.8) is 0 Å². The summed E-state index contributed by atoms with van der Waals surface area (Å²) in [6, 6.07) is 12.4. The fourth-order valence-corrected chi connectivity index (χ4v) is 5.18. The van der Waals surface area contributed by atoms with Gasteiger partial charge in [-0.25, -0.2) is 21.6 Å². The molecule has 27 heavy (non-hydrogen) atoms. The summed E-state index contributed by atoms with van der Waals surface area (Å²) in [5.41, 5.74) is 0.961. The van der Waals surface area contributed by atoms with E-state index >= 15 is 0 Å².